The zero-order chi connectivity index (χ0) is 6.27. The van der Waals surface area contributed by atoms with Crippen molar-refractivity contribution >= 4 is 0 Å². The minimum atomic E-state index is 0.454. The van der Waals surface area contributed by atoms with Crippen LogP contribution in [0.3, 0.4) is 0 Å². The molecule has 3 aliphatic rings. The maximum absolute atomic E-state index is 8.89. The highest BCUT2D eigenvalue weighted by molar-refractivity contribution is 4.92. The molecular formula is C8H14O. The Hall–Kier alpha value is -0.0400. The molecule has 0 aromatic heterocycles. The lowest BCUT2D eigenvalue weighted by Gasteiger charge is -2.48. The van der Waals surface area contributed by atoms with E-state index in [4.69, 9.17) is 5.11 Å². The molecule has 0 aromatic rings. The fourth-order valence-electron chi connectivity index (χ4n) is 2.53. The predicted molar refractivity (Wildman–Crippen MR) is 36.0 cm³/mol. The zero-order valence-electron chi connectivity index (χ0n) is 5.71. The van der Waals surface area contributed by atoms with Gasteiger partial charge in [-0.2, -0.15) is 0 Å². The summed E-state index contributed by atoms with van der Waals surface area (Å²) in [4.78, 5) is 0. The van der Waals surface area contributed by atoms with Gasteiger partial charge in [0.25, 0.3) is 0 Å². The maximum Gasteiger partial charge on any atom is 0.0464 e. The van der Waals surface area contributed by atoms with Crippen LogP contribution in [0.2, 0.25) is 0 Å². The number of fused-ring (bicyclic) bond motifs is 2. The molecule has 3 aliphatic carbocycles. The number of aliphatic hydroxyl groups is 1. The summed E-state index contributed by atoms with van der Waals surface area (Å²) in [6.07, 6.45) is 5.63. The first kappa shape index (κ1) is 5.72. The van der Waals surface area contributed by atoms with Gasteiger partial charge in [0.15, 0.2) is 0 Å². The molecule has 2 bridgehead atoms. The second-order valence-electron chi connectivity index (χ2n) is 3.53. The Balaban J connectivity index is 1.97. The molecule has 3 saturated carbocycles. The van der Waals surface area contributed by atoms with Crippen molar-refractivity contribution in [2.45, 2.75) is 25.7 Å². The lowest BCUT2D eigenvalue weighted by Crippen LogP contribution is -2.42. The van der Waals surface area contributed by atoms with Gasteiger partial charge in [-0.15, -0.1) is 0 Å². The predicted octanol–water partition coefficient (Wildman–Crippen LogP) is 1.41. The molecule has 1 N–H and O–H groups in total. The third kappa shape index (κ3) is 0.710. The fourth-order valence-corrected chi connectivity index (χ4v) is 2.53. The van der Waals surface area contributed by atoms with E-state index >= 15 is 0 Å². The Morgan fingerprint density at radius 2 is 1.89 bits per heavy atom. The van der Waals surface area contributed by atoms with Crippen molar-refractivity contribution in [1.29, 1.82) is 0 Å². The first-order valence-corrected chi connectivity index (χ1v) is 4.02. The second-order valence-corrected chi connectivity index (χ2v) is 3.53. The van der Waals surface area contributed by atoms with Crippen molar-refractivity contribution in [2.24, 2.45) is 17.8 Å². The Bertz CT molecular complexity index is 97.1. The van der Waals surface area contributed by atoms with Crippen molar-refractivity contribution in [3.8, 4) is 0 Å². The van der Waals surface area contributed by atoms with E-state index in [9.17, 15) is 0 Å². The Morgan fingerprint density at radius 3 is 2.22 bits per heavy atom. The number of rotatable bonds is 1. The molecule has 52 valence electrons. The van der Waals surface area contributed by atoms with Gasteiger partial charge in [-0.1, -0.05) is 19.3 Å². The SMILES string of the molecule is OCC1C2CCCC1C2. The van der Waals surface area contributed by atoms with E-state index < -0.39 is 0 Å². The average Bonchev–Trinajstić information content (AvgIpc) is 1.90. The van der Waals surface area contributed by atoms with Gasteiger partial charge in [-0.3, -0.25) is 0 Å². The number of hydrogen-bond acceptors (Lipinski definition) is 1. The van der Waals surface area contributed by atoms with Gasteiger partial charge in [0.1, 0.15) is 0 Å². The van der Waals surface area contributed by atoms with Crippen LogP contribution in [0.15, 0.2) is 0 Å². The van der Waals surface area contributed by atoms with Crippen LogP contribution in [-0.2, 0) is 0 Å². The number of aliphatic hydroxyl groups excluding tert-OH is 1. The van der Waals surface area contributed by atoms with Crippen LogP contribution in [0.25, 0.3) is 0 Å². The summed E-state index contributed by atoms with van der Waals surface area (Å²) in [5, 5.41) is 8.89. The van der Waals surface area contributed by atoms with E-state index in [0.717, 1.165) is 11.8 Å². The summed E-state index contributed by atoms with van der Waals surface area (Å²) in [6.45, 7) is 0.454. The zero-order valence-corrected chi connectivity index (χ0v) is 5.71. The Morgan fingerprint density at radius 1 is 1.22 bits per heavy atom. The summed E-state index contributed by atoms with van der Waals surface area (Å²) in [6, 6.07) is 0. The third-order valence-electron chi connectivity index (χ3n) is 3.18. The molecule has 2 atom stereocenters. The van der Waals surface area contributed by atoms with Gasteiger partial charge in [0.05, 0.1) is 0 Å². The highest BCUT2D eigenvalue weighted by Crippen LogP contribution is 2.50. The average molecular weight is 126 g/mol. The molecular weight excluding hydrogens is 112 g/mol. The smallest absolute Gasteiger partial charge is 0.0464 e. The van der Waals surface area contributed by atoms with E-state index in [1.165, 1.54) is 25.7 Å². The van der Waals surface area contributed by atoms with Crippen molar-refractivity contribution in [3.63, 3.8) is 0 Å². The van der Waals surface area contributed by atoms with E-state index in [0.29, 0.717) is 12.5 Å². The van der Waals surface area contributed by atoms with Gasteiger partial charge in [-0.05, 0) is 24.2 Å². The van der Waals surface area contributed by atoms with Crippen LogP contribution in [0.1, 0.15) is 25.7 Å². The third-order valence-corrected chi connectivity index (χ3v) is 3.18. The van der Waals surface area contributed by atoms with E-state index in [1.807, 2.05) is 0 Å². The largest absolute Gasteiger partial charge is 0.396 e. The molecule has 3 rings (SSSR count). The molecule has 9 heavy (non-hydrogen) atoms. The molecule has 0 spiro atoms. The van der Waals surface area contributed by atoms with Gasteiger partial charge >= 0.3 is 0 Å². The molecule has 0 heterocycles. The Labute approximate surface area is 56.1 Å². The summed E-state index contributed by atoms with van der Waals surface area (Å²) >= 11 is 0. The van der Waals surface area contributed by atoms with Crippen LogP contribution in [0.4, 0.5) is 0 Å². The molecule has 1 nitrogen and oxygen atoms in total. The first-order chi connectivity index (χ1) is 4.42. The minimum Gasteiger partial charge on any atom is -0.396 e. The van der Waals surface area contributed by atoms with Crippen molar-refractivity contribution in [1.82, 2.24) is 0 Å². The summed E-state index contributed by atoms with van der Waals surface area (Å²) < 4.78 is 0. The summed E-state index contributed by atoms with van der Waals surface area (Å²) in [5.41, 5.74) is 0. The summed E-state index contributed by atoms with van der Waals surface area (Å²) in [5.74, 6) is 2.53. The second kappa shape index (κ2) is 1.98. The molecule has 2 unspecified atom stereocenters. The van der Waals surface area contributed by atoms with Gasteiger partial charge in [0.2, 0.25) is 0 Å². The number of hydrogen-bond donors (Lipinski definition) is 1. The molecule has 3 fully saturated rings. The van der Waals surface area contributed by atoms with Crippen LogP contribution < -0.4 is 0 Å². The molecule has 0 saturated heterocycles. The first-order valence-electron chi connectivity index (χ1n) is 4.02. The summed E-state index contributed by atoms with van der Waals surface area (Å²) in [7, 11) is 0. The van der Waals surface area contributed by atoms with Gasteiger partial charge in [-0.25, -0.2) is 0 Å². The van der Waals surface area contributed by atoms with Crippen LogP contribution in [-0.4, -0.2) is 11.7 Å². The lowest BCUT2D eigenvalue weighted by atomic mass is 9.57. The molecule has 0 radical (unpaired) electrons. The minimum absolute atomic E-state index is 0.454. The molecule has 1 heteroatoms. The van der Waals surface area contributed by atoms with Crippen LogP contribution in [0, 0.1) is 17.8 Å². The standard InChI is InChI=1S/C8H14O/c9-5-8-6-2-1-3-7(8)4-6/h6-9H,1-5H2. The lowest BCUT2D eigenvalue weighted by molar-refractivity contribution is -0.0236. The van der Waals surface area contributed by atoms with E-state index in [1.54, 1.807) is 0 Å². The normalized spacial score (nSPS) is 48.3. The van der Waals surface area contributed by atoms with Gasteiger partial charge < -0.3 is 5.11 Å². The van der Waals surface area contributed by atoms with Crippen LogP contribution in [0.5, 0.6) is 0 Å². The quantitative estimate of drug-likeness (QED) is 0.563. The highest BCUT2D eigenvalue weighted by Gasteiger charge is 2.42. The fraction of sp³-hybridized carbons (Fsp3) is 1.00. The van der Waals surface area contributed by atoms with Crippen molar-refractivity contribution in [2.75, 3.05) is 6.61 Å². The maximum atomic E-state index is 8.89. The van der Waals surface area contributed by atoms with Gasteiger partial charge in [0, 0.05) is 6.61 Å². The molecule has 0 aromatic carbocycles. The van der Waals surface area contributed by atoms with Crippen molar-refractivity contribution in [3.05, 3.63) is 0 Å². The monoisotopic (exact) mass is 126 g/mol. The Kier molecular flexibility index (Phi) is 1.26. The van der Waals surface area contributed by atoms with Crippen LogP contribution >= 0.6 is 0 Å². The van der Waals surface area contributed by atoms with E-state index in [-0.39, 0.29) is 0 Å². The topological polar surface area (TPSA) is 20.2 Å². The molecule has 0 aliphatic heterocycles. The van der Waals surface area contributed by atoms with Crippen molar-refractivity contribution < 1.29 is 5.11 Å². The van der Waals surface area contributed by atoms with E-state index in [2.05, 4.69) is 0 Å². The highest BCUT2D eigenvalue weighted by atomic mass is 16.3. The molecule has 0 amide bonds.